The molecular formula is C10H16N4O5. The predicted octanol–water partition coefficient (Wildman–Crippen LogP) is -3.23. The molecule has 0 unspecified atom stereocenters. The van der Waals surface area contributed by atoms with Gasteiger partial charge in [-0.2, -0.15) is 4.98 Å². The van der Waals surface area contributed by atoms with Crippen molar-refractivity contribution in [3.8, 4) is 0 Å². The van der Waals surface area contributed by atoms with E-state index in [0.29, 0.717) is 0 Å². The molecule has 1 aromatic heterocycles. The largest absolute Gasteiger partial charge is 0.393 e. The second-order valence-corrected chi connectivity index (χ2v) is 4.45. The van der Waals surface area contributed by atoms with E-state index in [4.69, 9.17) is 16.2 Å². The van der Waals surface area contributed by atoms with Crippen molar-refractivity contribution >= 4 is 5.82 Å². The van der Waals surface area contributed by atoms with Crippen molar-refractivity contribution in [2.24, 2.45) is 5.73 Å². The van der Waals surface area contributed by atoms with Gasteiger partial charge in [-0.1, -0.05) is 0 Å². The Balaban J connectivity index is 2.39. The Hall–Kier alpha value is -1.52. The summed E-state index contributed by atoms with van der Waals surface area (Å²) in [5.41, 5.74) is 8.86. The van der Waals surface area contributed by atoms with Crippen LogP contribution in [0.15, 0.2) is 17.1 Å². The fraction of sp³-hybridized carbons (Fsp3) is 0.600. The molecule has 3 atom stereocenters. The topological polar surface area (TPSA) is 157 Å². The first-order valence-corrected chi connectivity index (χ1v) is 5.63. The van der Waals surface area contributed by atoms with Crippen molar-refractivity contribution in [2.75, 3.05) is 18.9 Å². The average Bonchev–Trinajstić information content (AvgIpc) is 2.64. The molecule has 1 fully saturated rings. The van der Waals surface area contributed by atoms with E-state index >= 15 is 0 Å². The van der Waals surface area contributed by atoms with Crippen molar-refractivity contribution in [3.63, 3.8) is 0 Å². The van der Waals surface area contributed by atoms with Gasteiger partial charge in [0.2, 0.25) is 0 Å². The molecule has 2 heterocycles. The highest BCUT2D eigenvalue weighted by Gasteiger charge is 2.53. The van der Waals surface area contributed by atoms with Crippen LogP contribution in [0.1, 0.15) is 6.23 Å². The summed E-state index contributed by atoms with van der Waals surface area (Å²) in [6, 6.07) is 0.318. The molecular weight excluding hydrogens is 256 g/mol. The Morgan fingerprint density at radius 1 is 1.47 bits per heavy atom. The summed E-state index contributed by atoms with van der Waals surface area (Å²) < 4.78 is 6.39. The van der Waals surface area contributed by atoms with Gasteiger partial charge < -0.3 is 31.5 Å². The van der Waals surface area contributed by atoms with Crippen LogP contribution in [0.4, 0.5) is 5.82 Å². The van der Waals surface area contributed by atoms with Gasteiger partial charge in [0.25, 0.3) is 0 Å². The molecule has 1 aliphatic heterocycles. The zero-order chi connectivity index (χ0) is 14.2. The van der Waals surface area contributed by atoms with Gasteiger partial charge in [-0.25, -0.2) is 4.79 Å². The Morgan fingerprint density at radius 3 is 2.58 bits per heavy atom. The van der Waals surface area contributed by atoms with Crippen LogP contribution in [-0.4, -0.2) is 55.8 Å². The molecule has 19 heavy (non-hydrogen) atoms. The van der Waals surface area contributed by atoms with Gasteiger partial charge in [0.15, 0.2) is 6.23 Å². The molecule has 0 aromatic carbocycles. The second kappa shape index (κ2) is 4.87. The fourth-order valence-electron chi connectivity index (χ4n) is 2.05. The molecule has 1 aromatic rings. The number of aliphatic hydroxyl groups is 3. The summed E-state index contributed by atoms with van der Waals surface area (Å²) in [4.78, 5) is 15.2. The van der Waals surface area contributed by atoms with E-state index in [1.165, 1.54) is 12.3 Å². The minimum Gasteiger partial charge on any atom is -0.393 e. The summed E-state index contributed by atoms with van der Waals surface area (Å²) in [6.45, 7) is -1.18. The first-order valence-electron chi connectivity index (χ1n) is 5.63. The zero-order valence-electron chi connectivity index (χ0n) is 10.0. The molecule has 9 nitrogen and oxygen atoms in total. The molecule has 9 heteroatoms. The van der Waals surface area contributed by atoms with Gasteiger partial charge in [0, 0.05) is 6.20 Å². The number of hydrogen-bond acceptors (Lipinski definition) is 8. The Labute approximate surface area is 108 Å². The molecule has 106 valence electrons. The Kier molecular flexibility index (Phi) is 3.56. The second-order valence-electron chi connectivity index (χ2n) is 4.45. The van der Waals surface area contributed by atoms with Gasteiger partial charge >= 0.3 is 5.69 Å². The lowest BCUT2D eigenvalue weighted by Crippen LogP contribution is -2.54. The highest BCUT2D eigenvalue weighted by atomic mass is 16.6. The summed E-state index contributed by atoms with van der Waals surface area (Å²) in [7, 11) is 0. The van der Waals surface area contributed by atoms with Crippen LogP contribution in [-0.2, 0) is 4.74 Å². The van der Waals surface area contributed by atoms with Gasteiger partial charge in [-0.3, -0.25) is 4.57 Å². The Morgan fingerprint density at radius 2 is 2.11 bits per heavy atom. The summed E-state index contributed by atoms with van der Waals surface area (Å²) in [5.74, 6) is 0.0358. The number of nitrogens with two attached hydrogens (primary N) is 2. The Bertz CT molecular complexity index is 515. The smallest absolute Gasteiger partial charge is 0.351 e. The number of ether oxygens (including phenoxy) is 1. The van der Waals surface area contributed by atoms with Crippen LogP contribution in [0.2, 0.25) is 0 Å². The molecule has 0 bridgehead atoms. The first-order chi connectivity index (χ1) is 8.95. The quantitative estimate of drug-likeness (QED) is 0.384. The molecule has 0 aliphatic carbocycles. The van der Waals surface area contributed by atoms with Crippen LogP contribution < -0.4 is 17.2 Å². The van der Waals surface area contributed by atoms with Crippen LogP contribution in [0.3, 0.4) is 0 Å². The van der Waals surface area contributed by atoms with Crippen LogP contribution in [0.25, 0.3) is 0 Å². The minimum atomic E-state index is -1.51. The lowest BCUT2D eigenvalue weighted by molar-refractivity contribution is -0.132. The van der Waals surface area contributed by atoms with E-state index in [2.05, 4.69) is 4.98 Å². The molecule has 0 spiro atoms. The highest BCUT2D eigenvalue weighted by Crippen LogP contribution is 2.34. The van der Waals surface area contributed by atoms with Gasteiger partial charge in [0.1, 0.15) is 17.5 Å². The van der Waals surface area contributed by atoms with E-state index in [9.17, 15) is 20.1 Å². The fourth-order valence-corrected chi connectivity index (χ4v) is 2.05. The number of rotatable bonds is 3. The van der Waals surface area contributed by atoms with Crippen LogP contribution in [0, 0.1) is 0 Å². The number of hydrogen-bond donors (Lipinski definition) is 5. The van der Waals surface area contributed by atoms with E-state index in [1.54, 1.807) is 0 Å². The molecule has 1 aliphatic rings. The van der Waals surface area contributed by atoms with E-state index in [-0.39, 0.29) is 5.82 Å². The number of aliphatic hydroxyl groups excluding tert-OH is 3. The van der Waals surface area contributed by atoms with Gasteiger partial charge in [-0.05, 0) is 6.07 Å². The average molecular weight is 272 g/mol. The standard InChI is InChI=1S/C10H16N4O5/c11-5-1-2-14(9(18)13-5)8-6(17)7(12)10(3-15,4-16)19-8/h1-2,6-8,15-17H,3-4,12H2,(H2,11,13,18)/t6-,7+,8-/m1/s1. The van der Waals surface area contributed by atoms with Gasteiger partial charge in [-0.15, -0.1) is 0 Å². The highest BCUT2D eigenvalue weighted by molar-refractivity contribution is 5.23. The molecule has 7 N–H and O–H groups in total. The van der Waals surface area contributed by atoms with Crippen molar-refractivity contribution in [1.29, 1.82) is 0 Å². The SMILES string of the molecule is Nc1ccn([C@@H]2OC(CO)(CO)[C@@H](N)[C@H]2O)c(=O)n1. The monoisotopic (exact) mass is 272 g/mol. The van der Waals surface area contributed by atoms with Crippen LogP contribution >= 0.6 is 0 Å². The summed E-state index contributed by atoms with van der Waals surface area (Å²) >= 11 is 0. The third kappa shape index (κ3) is 2.11. The van der Waals surface area contributed by atoms with Crippen molar-refractivity contribution < 1.29 is 20.1 Å². The lowest BCUT2D eigenvalue weighted by atomic mass is 9.95. The van der Waals surface area contributed by atoms with Crippen molar-refractivity contribution in [2.45, 2.75) is 24.0 Å². The van der Waals surface area contributed by atoms with Gasteiger partial charge in [0.05, 0.1) is 19.3 Å². The molecule has 0 saturated carbocycles. The molecule has 1 saturated heterocycles. The maximum atomic E-state index is 11.7. The maximum Gasteiger partial charge on any atom is 0.351 e. The lowest BCUT2D eigenvalue weighted by Gasteiger charge is -2.28. The van der Waals surface area contributed by atoms with Crippen molar-refractivity contribution in [1.82, 2.24) is 9.55 Å². The normalized spacial score (nSPS) is 29.6. The molecule has 0 radical (unpaired) electrons. The van der Waals surface area contributed by atoms with Crippen molar-refractivity contribution in [3.05, 3.63) is 22.7 Å². The molecule has 0 amide bonds. The summed E-state index contributed by atoms with van der Waals surface area (Å²) in [6.07, 6.45) is -1.12. The third-order valence-electron chi connectivity index (χ3n) is 3.28. The zero-order valence-corrected chi connectivity index (χ0v) is 10.0. The minimum absolute atomic E-state index is 0.0358. The summed E-state index contributed by atoms with van der Waals surface area (Å²) in [5, 5.41) is 28.6. The van der Waals surface area contributed by atoms with Crippen LogP contribution in [0.5, 0.6) is 0 Å². The van der Waals surface area contributed by atoms with E-state index < -0.39 is 42.9 Å². The number of nitrogens with zero attached hydrogens (tertiary/aromatic N) is 2. The number of aromatic nitrogens is 2. The third-order valence-corrected chi connectivity index (χ3v) is 3.28. The van der Waals surface area contributed by atoms with E-state index in [1.807, 2.05) is 0 Å². The predicted molar refractivity (Wildman–Crippen MR) is 63.9 cm³/mol. The maximum absolute atomic E-state index is 11.7. The number of nitrogen functional groups attached to an aromatic ring is 1. The molecule has 2 rings (SSSR count). The van der Waals surface area contributed by atoms with E-state index in [0.717, 1.165) is 4.57 Å². The number of anilines is 1. The first kappa shape index (κ1) is 13.9.